The third kappa shape index (κ3) is 1.69. The molecular weight excluding hydrogens is 222 g/mol. The molecule has 0 bridgehead atoms. The van der Waals surface area contributed by atoms with Crippen molar-refractivity contribution in [2.75, 3.05) is 18.0 Å². The van der Waals surface area contributed by atoms with E-state index in [4.69, 9.17) is 0 Å². The number of ketones is 1. The number of aromatic amines is 1. The monoisotopic (exact) mass is 233 g/mol. The highest BCUT2D eigenvalue weighted by Crippen LogP contribution is 2.15. The van der Waals surface area contributed by atoms with Crippen LogP contribution in [0, 0.1) is 0 Å². The maximum Gasteiger partial charge on any atom is 0.364 e. The normalized spacial score (nSPS) is 16.7. The topological polar surface area (TPSA) is 83.4 Å². The second-order valence-corrected chi connectivity index (χ2v) is 4.02. The number of fused-ring (bicyclic) bond motifs is 1. The Morgan fingerprint density at radius 2 is 1.94 bits per heavy atom. The van der Waals surface area contributed by atoms with Crippen molar-refractivity contribution in [3.05, 3.63) is 22.6 Å². The van der Waals surface area contributed by atoms with E-state index in [-0.39, 0.29) is 11.5 Å². The van der Waals surface area contributed by atoms with Crippen LogP contribution in [0.25, 0.3) is 5.65 Å². The Balaban J connectivity index is 1.97. The second-order valence-electron chi connectivity index (χ2n) is 4.02. The van der Waals surface area contributed by atoms with Gasteiger partial charge in [0.15, 0.2) is 5.65 Å². The molecule has 7 heteroatoms. The Morgan fingerprint density at radius 1 is 1.18 bits per heavy atom. The molecule has 0 spiro atoms. The molecule has 0 radical (unpaired) electrons. The van der Waals surface area contributed by atoms with Gasteiger partial charge in [-0.25, -0.2) is 9.89 Å². The third-order valence-electron chi connectivity index (χ3n) is 2.90. The molecule has 0 amide bonds. The molecule has 88 valence electrons. The molecule has 1 saturated heterocycles. The van der Waals surface area contributed by atoms with Crippen molar-refractivity contribution in [3.63, 3.8) is 0 Å². The number of nitrogens with zero attached hydrogens (tertiary/aromatic N) is 4. The molecule has 0 aliphatic carbocycles. The first kappa shape index (κ1) is 10.0. The summed E-state index contributed by atoms with van der Waals surface area (Å²) in [5, 5.41) is 10.4. The zero-order valence-corrected chi connectivity index (χ0v) is 9.09. The molecule has 17 heavy (non-hydrogen) atoms. The first-order valence-corrected chi connectivity index (χ1v) is 5.45. The number of piperidine rings is 1. The summed E-state index contributed by atoms with van der Waals surface area (Å²) >= 11 is 0. The largest absolute Gasteiger partial charge is 0.364 e. The molecule has 3 heterocycles. The quantitative estimate of drug-likeness (QED) is 0.723. The molecule has 1 aliphatic rings. The van der Waals surface area contributed by atoms with Crippen LogP contribution in [0.4, 0.5) is 5.82 Å². The van der Waals surface area contributed by atoms with Crippen LogP contribution in [0.5, 0.6) is 0 Å². The fraction of sp³-hybridized carbons (Fsp3) is 0.400. The van der Waals surface area contributed by atoms with E-state index >= 15 is 0 Å². The van der Waals surface area contributed by atoms with Crippen molar-refractivity contribution in [1.82, 2.24) is 19.8 Å². The van der Waals surface area contributed by atoms with E-state index in [1.54, 1.807) is 6.07 Å². The molecule has 0 aromatic carbocycles. The molecule has 7 nitrogen and oxygen atoms in total. The summed E-state index contributed by atoms with van der Waals surface area (Å²) in [5.74, 6) is 0.983. The standard InChI is InChI=1S/C10H11N5O2/c16-7-3-5-14(6-4-7)9-2-1-8-11-12-10(17)15(8)13-9/h1-2H,3-6H2,(H,12,17). The molecule has 0 saturated carbocycles. The molecule has 0 atom stereocenters. The molecule has 2 aromatic heterocycles. The van der Waals surface area contributed by atoms with Crippen LogP contribution in [-0.4, -0.2) is 38.7 Å². The number of aromatic nitrogens is 4. The fourth-order valence-electron chi connectivity index (χ4n) is 1.95. The second kappa shape index (κ2) is 3.69. The van der Waals surface area contributed by atoms with Crippen LogP contribution < -0.4 is 10.6 Å². The Labute approximate surface area is 96.0 Å². The molecular formula is C10H11N5O2. The van der Waals surface area contributed by atoms with Gasteiger partial charge < -0.3 is 4.90 Å². The Bertz CT molecular complexity index is 619. The molecule has 1 fully saturated rings. The van der Waals surface area contributed by atoms with Gasteiger partial charge >= 0.3 is 5.69 Å². The summed E-state index contributed by atoms with van der Waals surface area (Å²) in [6.07, 6.45) is 1.08. The summed E-state index contributed by atoms with van der Waals surface area (Å²) in [5.41, 5.74) is 0.141. The lowest BCUT2D eigenvalue weighted by Crippen LogP contribution is -2.34. The van der Waals surface area contributed by atoms with E-state index in [1.165, 1.54) is 4.52 Å². The number of H-pyrrole nitrogens is 1. The van der Waals surface area contributed by atoms with Crippen molar-refractivity contribution in [1.29, 1.82) is 0 Å². The number of rotatable bonds is 1. The number of nitrogens with one attached hydrogen (secondary N) is 1. The molecule has 1 N–H and O–H groups in total. The summed E-state index contributed by atoms with van der Waals surface area (Å²) in [6.45, 7) is 1.31. The summed E-state index contributed by atoms with van der Waals surface area (Å²) in [7, 11) is 0. The zero-order valence-electron chi connectivity index (χ0n) is 9.09. The van der Waals surface area contributed by atoms with Gasteiger partial charge in [-0.15, -0.1) is 5.10 Å². The maximum atomic E-state index is 11.4. The van der Waals surface area contributed by atoms with E-state index < -0.39 is 0 Å². The first-order chi connectivity index (χ1) is 8.24. The summed E-state index contributed by atoms with van der Waals surface area (Å²) in [6, 6.07) is 3.54. The SMILES string of the molecule is O=C1CCN(c2ccc3n[nH]c(=O)n3n2)CC1. The van der Waals surface area contributed by atoms with Crippen LogP contribution in [0.15, 0.2) is 16.9 Å². The van der Waals surface area contributed by atoms with Crippen LogP contribution in [0.1, 0.15) is 12.8 Å². The number of Topliss-reactive ketones (excluding diaryl/α,β-unsaturated/α-hetero) is 1. The van der Waals surface area contributed by atoms with Crippen molar-refractivity contribution < 1.29 is 4.79 Å². The van der Waals surface area contributed by atoms with Gasteiger partial charge in [-0.3, -0.25) is 4.79 Å². The lowest BCUT2D eigenvalue weighted by atomic mass is 10.1. The van der Waals surface area contributed by atoms with E-state index in [9.17, 15) is 9.59 Å². The van der Waals surface area contributed by atoms with Crippen LogP contribution >= 0.6 is 0 Å². The van der Waals surface area contributed by atoms with Gasteiger partial charge in [-0.2, -0.15) is 9.61 Å². The maximum absolute atomic E-state index is 11.4. The smallest absolute Gasteiger partial charge is 0.354 e. The van der Waals surface area contributed by atoms with Gasteiger partial charge in [0.05, 0.1) is 0 Å². The third-order valence-corrected chi connectivity index (χ3v) is 2.90. The first-order valence-electron chi connectivity index (χ1n) is 5.45. The van der Waals surface area contributed by atoms with Gasteiger partial charge in [0.25, 0.3) is 0 Å². The van der Waals surface area contributed by atoms with Gasteiger partial charge in [0.1, 0.15) is 11.6 Å². The highest BCUT2D eigenvalue weighted by atomic mass is 16.2. The number of hydrogen-bond acceptors (Lipinski definition) is 5. The molecule has 0 unspecified atom stereocenters. The van der Waals surface area contributed by atoms with Gasteiger partial charge in [0.2, 0.25) is 0 Å². The Kier molecular flexibility index (Phi) is 2.17. The average Bonchev–Trinajstić information content (AvgIpc) is 2.72. The Morgan fingerprint density at radius 3 is 2.71 bits per heavy atom. The van der Waals surface area contributed by atoms with Crippen molar-refractivity contribution in [2.24, 2.45) is 0 Å². The lowest BCUT2D eigenvalue weighted by molar-refractivity contribution is -0.119. The average molecular weight is 233 g/mol. The van der Waals surface area contributed by atoms with Gasteiger partial charge in [0, 0.05) is 25.9 Å². The fourth-order valence-corrected chi connectivity index (χ4v) is 1.95. The summed E-state index contributed by atoms with van der Waals surface area (Å²) in [4.78, 5) is 24.5. The van der Waals surface area contributed by atoms with Crippen molar-refractivity contribution in [3.8, 4) is 0 Å². The van der Waals surface area contributed by atoms with Crippen molar-refractivity contribution in [2.45, 2.75) is 12.8 Å². The van der Waals surface area contributed by atoms with Crippen LogP contribution in [0.3, 0.4) is 0 Å². The molecule has 2 aromatic rings. The predicted molar refractivity (Wildman–Crippen MR) is 60.1 cm³/mol. The van der Waals surface area contributed by atoms with Crippen molar-refractivity contribution >= 4 is 17.2 Å². The summed E-state index contributed by atoms with van der Waals surface area (Å²) < 4.78 is 1.23. The Hall–Kier alpha value is -2.18. The minimum atomic E-state index is -0.352. The number of carbonyl (C=O) groups excluding carboxylic acids is 1. The van der Waals surface area contributed by atoms with E-state index in [2.05, 4.69) is 15.3 Å². The predicted octanol–water partition coefficient (Wildman–Crippen LogP) is -0.413. The lowest BCUT2D eigenvalue weighted by Gasteiger charge is -2.26. The highest BCUT2D eigenvalue weighted by Gasteiger charge is 2.18. The number of carbonyl (C=O) groups is 1. The minimum Gasteiger partial charge on any atom is -0.354 e. The van der Waals surface area contributed by atoms with Gasteiger partial charge in [-0.05, 0) is 12.1 Å². The van der Waals surface area contributed by atoms with E-state index in [0.29, 0.717) is 37.4 Å². The molecule has 3 rings (SSSR count). The van der Waals surface area contributed by atoms with Crippen LogP contribution in [-0.2, 0) is 4.79 Å². The van der Waals surface area contributed by atoms with Gasteiger partial charge in [-0.1, -0.05) is 0 Å². The molecule has 1 aliphatic heterocycles. The minimum absolute atomic E-state index is 0.280. The van der Waals surface area contributed by atoms with E-state index in [1.807, 2.05) is 11.0 Å². The highest BCUT2D eigenvalue weighted by molar-refractivity contribution is 5.80. The zero-order chi connectivity index (χ0) is 11.8. The van der Waals surface area contributed by atoms with E-state index in [0.717, 1.165) is 0 Å². The number of anilines is 1. The number of hydrogen-bond donors (Lipinski definition) is 1. The van der Waals surface area contributed by atoms with Crippen LogP contribution in [0.2, 0.25) is 0 Å².